The molecule has 3 rings (SSSR count). The van der Waals surface area contributed by atoms with Gasteiger partial charge in [-0.3, -0.25) is 9.59 Å². The first-order valence-electron chi connectivity index (χ1n) is 10.5. The average Bonchev–Trinajstić information content (AvgIpc) is 2.79. The molecule has 0 aliphatic carbocycles. The van der Waals surface area contributed by atoms with Gasteiger partial charge in [-0.15, -0.1) is 0 Å². The molecule has 8 nitrogen and oxygen atoms in total. The highest BCUT2D eigenvalue weighted by Crippen LogP contribution is 2.25. The predicted octanol–water partition coefficient (Wildman–Crippen LogP) is 3.45. The standard InChI is InChI=1S/C24H27N5O3/c1-3-32-15-5-13-26-23(31)17-8-10-18(11-9-17)28-24-27-14-12-21(29-24)19-6-4-7-20(16(19)2)22(25)30/h4,6-12,14H,3,5,13,15H2,1-2H3,(H2,25,30)(H,26,31)(H,27,28,29). The number of anilines is 2. The number of nitrogens with zero attached hydrogens (tertiary/aromatic N) is 2. The zero-order valence-electron chi connectivity index (χ0n) is 18.2. The zero-order chi connectivity index (χ0) is 22.9. The van der Waals surface area contributed by atoms with E-state index < -0.39 is 5.91 Å². The Labute approximate surface area is 187 Å². The topological polar surface area (TPSA) is 119 Å². The number of amides is 2. The van der Waals surface area contributed by atoms with E-state index in [1.54, 1.807) is 48.7 Å². The smallest absolute Gasteiger partial charge is 0.251 e. The Kier molecular flexibility index (Phi) is 7.88. The van der Waals surface area contributed by atoms with E-state index in [0.29, 0.717) is 42.5 Å². The molecule has 1 heterocycles. The van der Waals surface area contributed by atoms with Crippen LogP contribution in [-0.2, 0) is 4.74 Å². The molecule has 0 atom stereocenters. The molecule has 2 amide bonds. The van der Waals surface area contributed by atoms with Crippen molar-refractivity contribution >= 4 is 23.5 Å². The molecule has 0 fully saturated rings. The van der Waals surface area contributed by atoms with Crippen LogP contribution in [-0.4, -0.2) is 41.5 Å². The van der Waals surface area contributed by atoms with Gasteiger partial charge in [0.25, 0.3) is 5.91 Å². The van der Waals surface area contributed by atoms with Crippen molar-refractivity contribution in [1.29, 1.82) is 0 Å². The van der Waals surface area contributed by atoms with Crippen LogP contribution in [0.15, 0.2) is 54.7 Å². The summed E-state index contributed by atoms with van der Waals surface area (Å²) in [6, 6.07) is 14.2. The first kappa shape index (κ1) is 22.9. The largest absolute Gasteiger partial charge is 0.382 e. The SMILES string of the molecule is CCOCCCNC(=O)c1ccc(Nc2nccc(-c3cccc(C(N)=O)c3C)n2)cc1. The molecule has 4 N–H and O–H groups in total. The molecule has 0 saturated carbocycles. The van der Waals surface area contributed by atoms with Gasteiger partial charge in [0.05, 0.1) is 5.69 Å². The molecule has 3 aromatic rings. The summed E-state index contributed by atoms with van der Waals surface area (Å²) in [6.07, 6.45) is 2.42. The van der Waals surface area contributed by atoms with Crippen molar-refractivity contribution in [3.05, 3.63) is 71.4 Å². The van der Waals surface area contributed by atoms with Gasteiger partial charge >= 0.3 is 0 Å². The Morgan fingerprint density at radius 2 is 1.88 bits per heavy atom. The maximum Gasteiger partial charge on any atom is 0.251 e. The van der Waals surface area contributed by atoms with Crippen molar-refractivity contribution in [2.75, 3.05) is 25.1 Å². The van der Waals surface area contributed by atoms with Crippen LogP contribution >= 0.6 is 0 Å². The van der Waals surface area contributed by atoms with Crippen molar-refractivity contribution in [3.8, 4) is 11.3 Å². The highest BCUT2D eigenvalue weighted by molar-refractivity contribution is 5.96. The van der Waals surface area contributed by atoms with Crippen LogP contribution in [0.25, 0.3) is 11.3 Å². The van der Waals surface area contributed by atoms with E-state index in [0.717, 1.165) is 23.2 Å². The summed E-state index contributed by atoms with van der Waals surface area (Å²) in [5.41, 5.74) is 9.48. The van der Waals surface area contributed by atoms with E-state index in [4.69, 9.17) is 10.5 Å². The number of nitrogens with two attached hydrogens (primary N) is 1. The quantitative estimate of drug-likeness (QED) is 0.421. The van der Waals surface area contributed by atoms with Crippen LogP contribution in [0.3, 0.4) is 0 Å². The summed E-state index contributed by atoms with van der Waals surface area (Å²) < 4.78 is 5.26. The second kappa shape index (κ2) is 11.0. The van der Waals surface area contributed by atoms with Crippen molar-refractivity contribution < 1.29 is 14.3 Å². The molecule has 0 unspecified atom stereocenters. The minimum absolute atomic E-state index is 0.129. The van der Waals surface area contributed by atoms with Crippen LogP contribution in [0.5, 0.6) is 0 Å². The number of benzene rings is 2. The Morgan fingerprint density at radius 1 is 1.09 bits per heavy atom. The first-order valence-corrected chi connectivity index (χ1v) is 10.5. The fourth-order valence-corrected chi connectivity index (χ4v) is 3.21. The van der Waals surface area contributed by atoms with Crippen molar-refractivity contribution in [2.24, 2.45) is 5.73 Å². The highest BCUT2D eigenvalue weighted by Gasteiger charge is 2.12. The highest BCUT2D eigenvalue weighted by atomic mass is 16.5. The van der Waals surface area contributed by atoms with E-state index in [2.05, 4.69) is 20.6 Å². The normalized spacial score (nSPS) is 10.6. The number of nitrogens with one attached hydrogen (secondary N) is 2. The maximum atomic E-state index is 12.2. The molecule has 0 bridgehead atoms. The summed E-state index contributed by atoms with van der Waals surface area (Å²) in [5.74, 6) is -0.203. The molecule has 166 valence electrons. The molecule has 8 heteroatoms. The Morgan fingerprint density at radius 3 is 2.59 bits per heavy atom. The van der Waals surface area contributed by atoms with Crippen LogP contribution in [0.2, 0.25) is 0 Å². The number of carbonyl (C=O) groups is 2. The molecule has 1 aromatic heterocycles. The van der Waals surface area contributed by atoms with Crippen LogP contribution in [0.4, 0.5) is 11.6 Å². The number of hydrogen-bond donors (Lipinski definition) is 3. The zero-order valence-corrected chi connectivity index (χ0v) is 18.2. The monoisotopic (exact) mass is 433 g/mol. The van der Waals surface area contributed by atoms with Crippen molar-refractivity contribution in [1.82, 2.24) is 15.3 Å². The molecule has 0 spiro atoms. The molecular formula is C24H27N5O3. The lowest BCUT2D eigenvalue weighted by atomic mass is 9.99. The van der Waals surface area contributed by atoms with Crippen molar-refractivity contribution in [2.45, 2.75) is 20.3 Å². The van der Waals surface area contributed by atoms with E-state index in [-0.39, 0.29) is 5.91 Å². The molecule has 2 aromatic carbocycles. The lowest BCUT2D eigenvalue weighted by molar-refractivity contribution is 0.0943. The number of carbonyl (C=O) groups excluding carboxylic acids is 2. The van der Waals surface area contributed by atoms with Crippen LogP contribution < -0.4 is 16.4 Å². The molecule has 0 radical (unpaired) electrons. The lowest BCUT2D eigenvalue weighted by Crippen LogP contribution is -2.25. The van der Waals surface area contributed by atoms with E-state index in [9.17, 15) is 9.59 Å². The second-order valence-corrected chi connectivity index (χ2v) is 7.12. The molecule has 0 saturated heterocycles. The Bertz CT molecular complexity index is 1080. The van der Waals surface area contributed by atoms with Gasteiger partial charge in [0.2, 0.25) is 11.9 Å². The minimum atomic E-state index is -0.477. The second-order valence-electron chi connectivity index (χ2n) is 7.12. The Balaban J connectivity index is 1.67. The molecule has 32 heavy (non-hydrogen) atoms. The third-order valence-corrected chi connectivity index (χ3v) is 4.89. The van der Waals surface area contributed by atoms with Gasteiger partial charge in [0, 0.05) is 48.3 Å². The fraction of sp³-hybridized carbons (Fsp3) is 0.250. The molecule has 0 aliphatic rings. The molecule has 0 aliphatic heterocycles. The average molecular weight is 434 g/mol. The number of aromatic nitrogens is 2. The fourth-order valence-electron chi connectivity index (χ4n) is 3.21. The van der Waals surface area contributed by atoms with Gasteiger partial charge in [-0.1, -0.05) is 12.1 Å². The summed E-state index contributed by atoms with van der Waals surface area (Å²) in [5, 5.41) is 6.01. The summed E-state index contributed by atoms with van der Waals surface area (Å²) in [4.78, 5) is 32.7. The van der Waals surface area contributed by atoms with Gasteiger partial charge in [-0.05, 0) is 62.2 Å². The van der Waals surface area contributed by atoms with E-state index in [1.807, 2.05) is 19.9 Å². The third kappa shape index (κ3) is 5.89. The van der Waals surface area contributed by atoms with Crippen molar-refractivity contribution in [3.63, 3.8) is 0 Å². The molecular weight excluding hydrogens is 406 g/mol. The van der Waals surface area contributed by atoms with Gasteiger partial charge < -0.3 is 21.1 Å². The number of hydrogen-bond acceptors (Lipinski definition) is 6. The van der Waals surface area contributed by atoms with Gasteiger partial charge in [0.15, 0.2) is 0 Å². The number of ether oxygens (including phenoxy) is 1. The first-order chi connectivity index (χ1) is 15.5. The minimum Gasteiger partial charge on any atom is -0.382 e. The summed E-state index contributed by atoms with van der Waals surface area (Å²) in [7, 11) is 0. The number of primary amides is 1. The van der Waals surface area contributed by atoms with Crippen LogP contribution in [0.1, 0.15) is 39.6 Å². The van der Waals surface area contributed by atoms with Crippen LogP contribution in [0, 0.1) is 6.92 Å². The van der Waals surface area contributed by atoms with Gasteiger partial charge in [0.1, 0.15) is 0 Å². The maximum absolute atomic E-state index is 12.2. The van der Waals surface area contributed by atoms with E-state index in [1.165, 1.54) is 0 Å². The Hall–Kier alpha value is -3.78. The number of rotatable bonds is 10. The predicted molar refractivity (Wildman–Crippen MR) is 124 cm³/mol. The van der Waals surface area contributed by atoms with Gasteiger partial charge in [-0.25, -0.2) is 9.97 Å². The third-order valence-electron chi connectivity index (χ3n) is 4.89. The lowest BCUT2D eigenvalue weighted by Gasteiger charge is -2.11. The summed E-state index contributed by atoms with van der Waals surface area (Å²) >= 11 is 0. The summed E-state index contributed by atoms with van der Waals surface area (Å²) in [6.45, 7) is 5.65. The van der Waals surface area contributed by atoms with E-state index >= 15 is 0 Å². The van der Waals surface area contributed by atoms with Gasteiger partial charge in [-0.2, -0.15) is 0 Å².